The fourth-order valence-electron chi connectivity index (χ4n) is 3.62. The number of hydrogen-bond acceptors (Lipinski definition) is 6. The molecule has 0 spiro atoms. The normalized spacial score (nSPS) is 22.8. The number of piperidine rings is 2. The van der Waals surface area contributed by atoms with Crippen LogP contribution in [-0.4, -0.2) is 69.8 Å². The van der Waals surface area contributed by atoms with Gasteiger partial charge in [0.25, 0.3) is 10.0 Å². The lowest BCUT2D eigenvalue weighted by atomic mass is 10.1. The maximum atomic E-state index is 12.7. The summed E-state index contributed by atoms with van der Waals surface area (Å²) < 4.78 is 52.0. The molecule has 8 nitrogen and oxygen atoms in total. The molecule has 1 atom stereocenters. The van der Waals surface area contributed by atoms with E-state index in [1.165, 1.54) is 14.9 Å². The third kappa shape index (κ3) is 5.32. The number of carbonyl (C=O) groups excluding carboxylic acids is 1. The van der Waals surface area contributed by atoms with E-state index in [2.05, 4.69) is 5.32 Å². The summed E-state index contributed by atoms with van der Waals surface area (Å²) in [5, 5.41) is 2.88. The van der Waals surface area contributed by atoms with Gasteiger partial charge in [-0.2, -0.15) is 4.31 Å². The molecule has 158 valence electrons. The van der Waals surface area contributed by atoms with Crippen molar-refractivity contribution in [2.75, 3.05) is 32.4 Å². The summed E-state index contributed by atoms with van der Waals surface area (Å²) in [7, 11) is -6.75. The van der Waals surface area contributed by atoms with E-state index in [1.54, 1.807) is 12.1 Å². The fourth-order valence-corrected chi connectivity index (χ4v) is 7.56. The first kappa shape index (κ1) is 21.7. The maximum Gasteiger partial charge on any atom is 0.252 e. The summed E-state index contributed by atoms with van der Waals surface area (Å²) in [4.78, 5) is 13.0. The number of rotatable bonds is 6. The van der Waals surface area contributed by atoms with Crippen molar-refractivity contribution in [3.05, 3.63) is 17.0 Å². The quantitative estimate of drug-likeness (QED) is 0.698. The highest BCUT2D eigenvalue weighted by atomic mass is 32.2. The zero-order valence-electron chi connectivity index (χ0n) is 16.0. The van der Waals surface area contributed by atoms with Crippen LogP contribution in [0.3, 0.4) is 0 Å². The largest absolute Gasteiger partial charge is 0.352 e. The van der Waals surface area contributed by atoms with Gasteiger partial charge in [-0.3, -0.25) is 4.79 Å². The summed E-state index contributed by atoms with van der Waals surface area (Å²) in [6.45, 7) is 1.86. The van der Waals surface area contributed by atoms with Gasteiger partial charge in [-0.25, -0.2) is 21.1 Å². The van der Waals surface area contributed by atoms with Crippen molar-refractivity contribution in [2.45, 2.75) is 48.8 Å². The lowest BCUT2D eigenvalue weighted by Gasteiger charge is -2.31. The zero-order chi connectivity index (χ0) is 20.4. The van der Waals surface area contributed by atoms with E-state index in [0.717, 1.165) is 37.0 Å². The molecule has 2 aliphatic rings. The Morgan fingerprint density at radius 1 is 1.07 bits per heavy atom. The predicted octanol–water partition coefficient (Wildman–Crippen LogP) is 1.01. The average Bonchev–Trinajstić information content (AvgIpc) is 3.11. The second kappa shape index (κ2) is 8.78. The van der Waals surface area contributed by atoms with E-state index >= 15 is 0 Å². The smallest absolute Gasteiger partial charge is 0.252 e. The van der Waals surface area contributed by atoms with E-state index < -0.39 is 20.0 Å². The van der Waals surface area contributed by atoms with Crippen molar-refractivity contribution in [1.29, 1.82) is 0 Å². The minimum atomic E-state index is -3.48. The van der Waals surface area contributed by atoms with Gasteiger partial charge in [-0.05, 0) is 37.8 Å². The van der Waals surface area contributed by atoms with E-state index in [1.807, 2.05) is 0 Å². The first-order chi connectivity index (χ1) is 13.2. The van der Waals surface area contributed by atoms with Crippen LogP contribution in [0.15, 0.2) is 16.3 Å². The monoisotopic (exact) mass is 449 g/mol. The number of carbonyl (C=O) groups is 1. The summed E-state index contributed by atoms with van der Waals surface area (Å²) in [6, 6.07) is 3.04. The minimum absolute atomic E-state index is 0.0928. The highest BCUT2D eigenvalue weighted by Gasteiger charge is 2.29. The van der Waals surface area contributed by atoms with Crippen LogP contribution in [-0.2, 0) is 31.3 Å². The van der Waals surface area contributed by atoms with Crippen LogP contribution in [0.1, 0.15) is 37.0 Å². The summed E-state index contributed by atoms with van der Waals surface area (Å²) in [5.74, 6) is -0.218. The summed E-state index contributed by atoms with van der Waals surface area (Å²) >= 11 is 1.13. The molecule has 2 saturated heterocycles. The zero-order valence-corrected chi connectivity index (χ0v) is 18.4. The Kier molecular flexibility index (Phi) is 6.80. The minimum Gasteiger partial charge on any atom is -0.352 e. The van der Waals surface area contributed by atoms with Gasteiger partial charge in [0, 0.05) is 37.1 Å². The van der Waals surface area contributed by atoms with Crippen LogP contribution in [0.5, 0.6) is 0 Å². The molecule has 0 aromatic carbocycles. The first-order valence-corrected chi connectivity index (χ1v) is 13.6. The van der Waals surface area contributed by atoms with Gasteiger partial charge in [0.1, 0.15) is 4.21 Å². The summed E-state index contributed by atoms with van der Waals surface area (Å²) in [5.41, 5.74) is 0. The third-order valence-electron chi connectivity index (χ3n) is 5.10. The first-order valence-electron chi connectivity index (χ1n) is 9.49. The van der Waals surface area contributed by atoms with Crippen LogP contribution in [0, 0.1) is 0 Å². The third-order valence-corrected chi connectivity index (χ3v) is 9.82. The van der Waals surface area contributed by atoms with Gasteiger partial charge in [0.2, 0.25) is 15.9 Å². The number of amides is 1. The number of thiophene rings is 1. The van der Waals surface area contributed by atoms with E-state index in [4.69, 9.17) is 0 Å². The molecular formula is C17H27N3O5S3. The van der Waals surface area contributed by atoms with Gasteiger partial charge in [-0.15, -0.1) is 11.3 Å². The fraction of sp³-hybridized carbons (Fsp3) is 0.706. The molecule has 0 saturated carbocycles. The molecule has 3 rings (SSSR count). The van der Waals surface area contributed by atoms with Crippen LogP contribution in [0.2, 0.25) is 0 Å². The number of nitrogens with zero attached hydrogens (tertiary/aromatic N) is 2. The van der Waals surface area contributed by atoms with Gasteiger partial charge < -0.3 is 5.32 Å². The lowest BCUT2D eigenvalue weighted by molar-refractivity contribution is -0.121. The van der Waals surface area contributed by atoms with E-state index in [-0.39, 0.29) is 29.1 Å². The molecule has 1 aromatic rings. The molecule has 1 N–H and O–H groups in total. The van der Waals surface area contributed by atoms with Crippen LogP contribution in [0.4, 0.5) is 0 Å². The van der Waals surface area contributed by atoms with Gasteiger partial charge in [0.05, 0.1) is 12.7 Å². The van der Waals surface area contributed by atoms with Crippen molar-refractivity contribution >= 4 is 37.3 Å². The highest BCUT2D eigenvalue weighted by molar-refractivity contribution is 7.91. The molecule has 1 unspecified atom stereocenters. The standard InChI is InChI=1S/C17H27N3O5S3/c1-27(22,23)20-11-5-6-14(13-20)18-16(21)12-15-7-8-17(26-15)28(24,25)19-9-3-2-4-10-19/h7-8,14H,2-6,9-13H2,1H3,(H,18,21). The van der Waals surface area contributed by atoms with Gasteiger partial charge in [0.15, 0.2) is 0 Å². The van der Waals surface area contributed by atoms with E-state index in [9.17, 15) is 21.6 Å². The average molecular weight is 450 g/mol. The molecule has 2 aliphatic heterocycles. The van der Waals surface area contributed by atoms with Crippen molar-refractivity contribution in [3.63, 3.8) is 0 Å². The van der Waals surface area contributed by atoms with Crippen molar-refractivity contribution in [2.24, 2.45) is 0 Å². The lowest BCUT2D eigenvalue weighted by Crippen LogP contribution is -2.49. The number of hydrogen-bond donors (Lipinski definition) is 1. The molecule has 1 aromatic heterocycles. The van der Waals surface area contributed by atoms with Crippen molar-refractivity contribution < 1.29 is 21.6 Å². The number of nitrogens with one attached hydrogen (secondary N) is 1. The Morgan fingerprint density at radius 2 is 1.75 bits per heavy atom. The molecule has 0 bridgehead atoms. The van der Waals surface area contributed by atoms with E-state index in [0.29, 0.717) is 30.9 Å². The topological polar surface area (TPSA) is 104 Å². The molecule has 0 radical (unpaired) electrons. The highest BCUT2D eigenvalue weighted by Crippen LogP contribution is 2.27. The van der Waals surface area contributed by atoms with Crippen molar-refractivity contribution in [1.82, 2.24) is 13.9 Å². The van der Waals surface area contributed by atoms with Crippen molar-refractivity contribution in [3.8, 4) is 0 Å². The van der Waals surface area contributed by atoms with Gasteiger partial charge in [-0.1, -0.05) is 6.42 Å². The Hall–Kier alpha value is -1.01. The van der Waals surface area contributed by atoms with Crippen LogP contribution in [0.25, 0.3) is 0 Å². The number of sulfonamides is 2. The Balaban J connectivity index is 1.58. The second-order valence-electron chi connectivity index (χ2n) is 7.39. The molecule has 1 amide bonds. The Labute approximate surface area is 171 Å². The van der Waals surface area contributed by atoms with Crippen LogP contribution < -0.4 is 5.32 Å². The molecule has 28 heavy (non-hydrogen) atoms. The van der Waals surface area contributed by atoms with Crippen LogP contribution >= 0.6 is 11.3 Å². The molecule has 3 heterocycles. The Bertz CT molecular complexity index is 904. The van der Waals surface area contributed by atoms with Gasteiger partial charge >= 0.3 is 0 Å². The predicted molar refractivity (Wildman–Crippen MR) is 108 cm³/mol. The molecule has 11 heteroatoms. The Morgan fingerprint density at radius 3 is 2.43 bits per heavy atom. The SMILES string of the molecule is CS(=O)(=O)N1CCCC(NC(=O)Cc2ccc(S(=O)(=O)N3CCCCC3)s2)C1. The second-order valence-corrected chi connectivity index (χ2v) is 12.7. The maximum absolute atomic E-state index is 12.7. The summed E-state index contributed by atoms with van der Waals surface area (Å²) in [6.07, 6.45) is 5.52. The molecule has 2 fully saturated rings. The molecular weight excluding hydrogens is 422 g/mol. The molecule has 0 aliphatic carbocycles.